The third-order valence-corrected chi connectivity index (χ3v) is 3.31. The summed E-state index contributed by atoms with van der Waals surface area (Å²) < 4.78 is 14.7. The Morgan fingerprint density at radius 1 is 1.17 bits per heavy atom. The standard InChI is InChI=1S/C16H13FN6O/c1-11(13-3-2-4-14(17)9-13)19-20-16(24)12-5-7-15(8-6-12)23-10-18-21-22-23/h2-10H,1H3,(H,20,24)/b19-11+. The van der Waals surface area contributed by atoms with Gasteiger partial charge in [-0.15, -0.1) is 5.10 Å². The lowest BCUT2D eigenvalue weighted by atomic mass is 10.1. The van der Waals surface area contributed by atoms with Gasteiger partial charge in [0.05, 0.1) is 11.4 Å². The molecular formula is C16H13FN6O. The van der Waals surface area contributed by atoms with Crippen LogP contribution in [0.1, 0.15) is 22.8 Å². The van der Waals surface area contributed by atoms with E-state index in [1.807, 2.05) is 0 Å². The summed E-state index contributed by atoms with van der Waals surface area (Å²) >= 11 is 0. The summed E-state index contributed by atoms with van der Waals surface area (Å²) in [5, 5.41) is 14.9. The van der Waals surface area contributed by atoms with Crippen molar-refractivity contribution in [3.63, 3.8) is 0 Å². The summed E-state index contributed by atoms with van der Waals surface area (Å²) in [6, 6.07) is 12.7. The van der Waals surface area contributed by atoms with Crippen LogP contribution in [0.25, 0.3) is 5.69 Å². The van der Waals surface area contributed by atoms with Crippen molar-refractivity contribution in [2.24, 2.45) is 5.10 Å². The zero-order valence-electron chi connectivity index (χ0n) is 12.7. The quantitative estimate of drug-likeness (QED) is 0.587. The van der Waals surface area contributed by atoms with Crippen LogP contribution >= 0.6 is 0 Å². The van der Waals surface area contributed by atoms with Crippen LogP contribution in [0.15, 0.2) is 60.0 Å². The number of amides is 1. The van der Waals surface area contributed by atoms with Gasteiger partial charge in [0.1, 0.15) is 12.1 Å². The molecule has 0 fully saturated rings. The Hall–Kier alpha value is -3.42. The molecular weight excluding hydrogens is 311 g/mol. The van der Waals surface area contributed by atoms with Crippen LogP contribution in [-0.4, -0.2) is 31.8 Å². The Morgan fingerprint density at radius 2 is 1.96 bits per heavy atom. The van der Waals surface area contributed by atoms with E-state index in [-0.39, 0.29) is 11.7 Å². The second kappa shape index (κ2) is 6.78. The van der Waals surface area contributed by atoms with Gasteiger partial charge in [0.25, 0.3) is 5.91 Å². The third-order valence-electron chi connectivity index (χ3n) is 3.31. The molecule has 1 N–H and O–H groups in total. The number of halogens is 1. The number of hydrogen-bond donors (Lipinski definition) is 1. The molecule has 0 aliphatic rings. The van der Waals surface area contributed by atoms with Gasteiger partial charge in [-0.1, -0.05) is 12.1 Å². The van der Waals surface area contributed by atoms with Gasteiger partial charge in [-0.2, -0.15) is 5.10 Å². The number of nitrogens with one attached hydrogen (secondary N) is 1. The second-order valence-electron chi connectivity index (χ2n) is 4.95. The molecule has 1 aromatic heterocycles. The van der Waals surface area contributed by atoms with E-state index in [2.05, 4.69) is 26.1 Å². The molecule has 0 atom stereocenters. The van der Waals surface area contributed by atoms with Crippen LogP contribution in [0.5, 0.6) is 0 Å². The minimum absolute atomic E-state index is 0.355. The second-order valence-corrected chi connectivity index (χ2v) is 4.95. The Balaban J connectivity index is 1.69. The van der Waals surface area contributed by atoms with E-state index in [1.54, 1.807) is 43.3 Å². The fourth-order valence-corrected chi connectivity index (χ4v) is 2.02. The molecule has 7 nitrogen and oxygen atoms in total. The maximum Gasteiger partial charge on any atom is 0.271 e. The van der Waals surface area contributed by atoms with Crippen LogP contribution in [-0.2, 0) is 0 Å². The first-order chi connectivity index (χ1) is 11.6. The van der Waals surface area contributed by atoms with Crippen LogP contribution < -0.4 is 5.43 Å². The molecule has 0 radical (unpaired) electrons. The first-order valence-corrected chi connectivity index (χ1v) is 7.07. The van der Waals surface area contributed by atoms with Crippen molar-refractivity contribution in [1.29, 1.82) is 0 Å². The van der Waals surface area contributed by atoms with E-state index >= 15 is 0 Å². The monoisotopic (exact) mass is 324 g/mol. The van der Waals surface area contributed by atoms with Gasteiger partial charge in [-0.25, -0.2) is 14.5 Å². The highest BCUT2D eigenvalue weighted by Crippen LogP contribution is 2.08. The van der Waals surface area contributed by atoms with Crippen LogP contribution in [0.3, 0.4) is 0 Å². The molecule has 0 aliphatic carbocycles. The van der Waals surface area contributed by atoms with Crippen molar-refractivity contribution in [3.8, 4) is 5.69 Å². The zero-order valence-corrected chi connectivity index (χ0v) is 12.7. The first kappa shape index (κ1) is 15.5. The Labute approximate surface area is 136 Å². The highest BCUT2D eigenvalue weighted by atomic mass is 19.1. The van der Waals surface area contributed by atoms with E-state index in [1.165, 1.54) is 23.1 Å². The van der Waals surface area contributed by atoms with Crippen molar-refractivity contribution in [2.45, 2.75) is 6.92 Å². The average molecular weight is 324 g/mol. The molecule has 0 unspecified atom stereocenters. The van der Waals surface area contributed by atoms with E-state index in [0.29, 0.717) is 16.8 Å². The van der Waals surface area contributed by atoms with E-state index in [0.717, 1.165) is 5.69 Å². The fraction of sp³-hybridized carbons (Fsp3) is 0.0625. The highest BCUT2D eigenvalue weighted by molar-refractivity contribution is 6.00. The maximum atomic E-state index is 13.2. The number of tetrazole rings is 1. The van der Waals surface area contributed by atoms with Gasteiger partial charge in [0.15, 0.2) is 0 Å². The maximum absolute atomic E-state index is 13.2. The number of rotatable bonds is 4. The summed E-state index contributed by atoms with van der Waals surface area (Å²) in [7, 11) is 0. The molecule has 24 heavy (non-hydrogen) atoms. The summed E-state index contributed by atoms with van der Waals surface area (Å²) in [4.78, 5) is 12.1. The predicted octanol–water partition coefficient (Wildman–Crippen LogP) is 1.96. The van der Waals surface area contributed by atoms with Gasteiger partial charge in [0.2, 0.25) is 0 Å². The van der Waals surface area contributed by atoms with Crippen LogP contribution in [0, 0.1) is 5.82 Å². The minimum Gasteiger partial charge on any atom is -0.267 e. The molecule has 0 bridgehead atoms. The summed E-state index contributed by atoms with van der Waals surface area (Å²) in [6.07, 6.45) is 1.46. The minimum atomic E-state index is -0.367. The molecule has 1 amide bonds. The van der Waals surface area contributed by atoms with Gasteiger partial charge in [-0.05, 0) is 53.7 Å². The van der Waals surface area contributed by atoms with Gasteiger partial charge >= 0.3 is 0 Å². The summed E-state index contributed by atoms with van der Waals surface area (Å²) in [5.41, 5.74) is 4.72. The Morgan fingerprint density at radius 3 is 2.62 bits per heavy atom. The molecule has 0 saturated heterocycles. The van der Waals surface area contributed by atoms with E-state index in [9.17, 15) is 9.18 Å². The smallest absolute Gasteiger partial charge is 0.267 e. The lowest BCUT2D eigenvalue weighted by Gasteiger charge is -2.04. The average Bonchev–Trinajstić information content (AvgIpc) is 3.14. The Bertz CT molecular complexity index is 874. The number of nitrogens with zero attached hydrogens (tertiary/aromatic N) is 5. The number of carbonyl (C=O) groups is 1. The van der Waals surface area contributed by atoms with E-state index < -0.39 is 0 Å². The number of hydrazone groups is 1. The van der Waals surface area contributed by atoms with Gasteiger partial charge in [-0.3, -0.25) is 4.79 Å². The van der Waals surface area contributed by atoms with Crippen LogP contribution in [0.2, 0.25) is 0 Å². The molecule has 0 spiro atoms. The molecule has 0 saturated carbocycles. The molecule has 3 rings (SSSR count). The SMILES string of the molecule is C/C(=N\NC(=O)c1ccc(-n2cnnn2)cc1)c1cccc(F)c1. The largest absolute Gasteiger partial charge is 0.271 e. The molecule has 120 valence electrons. The molecule has 8 heteroatoms. The molecule has 1 heterocycles. The number of benzene rings is 2. The first-order valence-electron chi connectivity index (χ1n) is 7.07. The van der Waals surface area contributed by atoms with Crippen molar-refractivity contribution >= 4 is 11.6 Å². The number of hydrogen-bond acceptors (Lipinski definition) is 5. The summed E-state index contributed by atoms with van der Waals surface area (Å²) in [5.74, 6) is -0.722. The van der Waals surface area contributed by atoms with Crippen molar-refractivity contribution in [3.05, 3.63) is 71.8 Å². The molecule has 3 aromatic rings. The van der Waals surface area contributed by atoms with E-state index in [4.69, 9.17) is 0 Å². The highest BCUT2D eigenvalue weighted by Gasteiger charge is 2.06. The fourth-order valence-electron chi connectivity index (χ4n) is 2.02. The van der Waals surface area contributed by atoms with Gasteiger partial charge in [0, 0.05) is 11.1 Å². The normalized spacial score (nSPS) is 11.3. The predicted molar refractivity (Wildman–Crippen MR) is 85.2 cm³/mol. The Kier molecular flexibility index (Phi) is 4.37. The summed E-state index contributed by atoms with van der Waals surface area (Å²) in [6.45, 7) is 1.69. The van der Waals surface area contributed by atoms with Gasteiger partial charge < -0.3 is 0 Å². The van der Waals surface area contributed by atoms with Crippen LogP contribution in [0.4, 0.5) is 4.39 Å². The van der Waals surface area contributed by atoms with Crippen molar-refractivity contribution in [2.75, 3.05) is 0 Å². The number of aromatic nitrogens is 4. The zero-order chi connectivity index (χ0) is 16.9. The lowest BCUT2D eigenvalue weighted by molar-refractivity contribution is 0.0955. The van der Waals surface area contributed by atoms with Crippen molar-refractivity contribution < 1.29 is 9.18 Å². The topological polar surface area (TPSA) is 85.1 Å². The molecule has 2 aromatic carbocycles. The van der Waals surface area contributed by atoms with Crippen molar-refractivity contribution in [1.82, 2.24) is 25.6 Å². The lowest BCUT2D eigenvalue weighted by Crippen LogP contribution is -2.19. The molecule has 0 aliphatic heterocycles. The number of carbonyl (C=O) groups excluding carboxylic acids is 1. The third kappa shape index (κ3) is 3.49.